The van der Waals surface area contributed by atoms with Crippen molar-refractivity contribution < 1.29 is 8.42 Å². The first-order valence-corrected chi connectivity index (χ1v) is 11.9. The van der Waals surface area contributed by atoms with Crippen LogP contribution in [0.3, 0.4) is 0 Å². The number of sulfonamides is 1. The number of para-hydroxylation sites is 2. The van der Waals surface area contributed by atoms with Gasteiger partial charge in [0.15, 0.2) is 5.96 Å². The topological polar surface area (TPSA) is 100 Å². The number of nitrogens with one attached hydrogen (secondary N) is 3. The highest BCUT2D eigenvalue weighted by molar-refractivity contribution is 7.89. The van der Waals surface area contributed by atoms with Crippen LogP contribution >= 0.6 is 0 Å². The van der Waals surface area contributed by atoms with E-state index in [1.807, 2.05) is 38.1 Å². The summed E-state index contributed by atoms with van der Waals surface area (Å²) >= 11 is 0. The molecule has 0 atom stereocenters. The van der Waals surface area contributed by atoms with Crippen molar-refractivity contribution in [3.8, 4) is 0 Å². The van der Waals surface area contributed by atoms with E-state index >= 15 is 0 Å². The molecule has 3 aromatic rings. The maximum atomic E-state index is 12.0. The molecular weight excluding hydrogens is 412 g/mol. The smallest absolute Gasteiger partial charge is 0.240 e. The molecule has 0 radical (unpaired) electrons. The number of benzene rings is 2. The van der Waals surface area contributed by atoms with E-state index in [0.29, 0.717) is 12.5 Å². The van der Waals surface area contributed by atoms with Gasteiger partial charge in [-0.3, -0.25) is 0 Å². The normalized spacial score (nSPS) is 12.3. The predicted octanol–water partition coefficient (Wildman–Crippen LogP) is 2.40. The summed E-state index contributed by atoms with van der Waals surface area (Å²) in [5, 5.41) is 6.58. The molecule has 0 saturated heterocycles. The van der Waals surface area contributed by atoms with Gasteiger partial charge in [0.2, 0.25) is 10.0 Å². The quantitative estimate of drug-likeness (QED) is 0.268. The van der Waals surface area contributed by atoms with Gasteiger partial charge in [0.05, 0.1) is 22.5 Å². The van der Waals surface area contributed by atoms with Crippen LogP contribution in [0.4, 0.5) is 0 Å². The van der Waals surface area contributed by atoms with Crippen molar-refractivity contribution in [1.82, 2.24) is 24.9 Å². The lowest BCUT2D eigenvalue weighted by molar-refractivity contribution is 0.588. The van der Waals surface area contributed by atoms with E-state index in [1.54, 1.807) is 18.2 Å². The molecule has 0 amide bonds. The summed E-state index contributed by atoms with van der Waals surface area (Å²) in [4.78, 5) is 9.44. The molecule has 9 heteroatoms. The van der Waals surface area contributed by atoms with Gasteiger partial charge in [-0.05, 0) is 57.1 Å². The molecule has 0 spiro atoms. The van der Waals surface area contributed by atoms with E-state index < -0.39 is 10.0 Å². The minimum Gasteiger partial charge on any atom is -0.357 e. The van der Waals surface area contributed by atoms with Gasteiger partial charge in [0.1, 0.15) is 5.82 Å². The number of rotatable bonds is 9. The predicted molar refractivity (Wildman–Crippen MR) is 125 cm³/mol. The van der Waals surface area contributed by atoms with Crippen molar-refractivity contribution in [2.24, 2.45) is 4.99 Å². The van der Waals surface area contributed by atoms with Gasteiger partial charge < -0.3 is 15.2 Å². The van der Waals surface area contributed by atoms with Gasteiger partial charge in [-0.25, -0.2) is 23.1 Å². The number of hydrogen-bond donors (Lipinski definition) is 3. The monoisotopic (exact) mass is 442 g/mol. The molecule has 0 fully saturated rings. The van der Waals surface area contributed by atoms with Gasteiger partial charge in [-0.15, -0.1) is 0 Å². The zero-order valence-electron chi connectivity index (χ0n) is 18.2. The third-order valence-electron chi connectivity index (χ3n) is 4.94. The van der Waals surface area contributed by atoms with E-state index in [0.717, 1.165) is 48.5 Å². The fourth-order valence-corrected chi connectivity index (χ4v) is 4.16. The molecule has 1 heterocycles. The van der Waals surface area contributed by atoms with Crippen molar-refractivity contribution in [2.75, 3.05) is 20.1 Å². The summed E-state index contributed by atoms with van der Waals surface area (Å²) in [5.74, 6) is 1.72. The van der Waals surface area contributed by atoms with Gasteiger partial charge >= 0.3 is 0 Å². The van der Waals surface area contributed by atoms with Gasteiger partial charge in [0, 0.05) is 19.6 Å². The van der Waals surface area contributed by atoms with E-state index in [4.69, 9.17) is 0 Å². The number of hydrogen-bond acceptors (Lipinski definition) is 4. The highest BCUT2D eigenvalue weighted by atomic mass is 32.2. The number of aliphatic imine (C=N–C) groups is 1. The Labute approximate surface area is 183 Å². The van der Waals surface area contributed by atoms with E-state index in [2.05, 4.69) is 36.0 Å². The number of aromatic nitrogens is 2. The zero-order chi connectivity index (χ0) is 22.3. The van der Waals surface area contributed by atoms with E-state index in [1.165, 1.54) is 7.05 Å². The lowest BCUT2D eigenvalue weighted by Crippen LogP contribution is -2.38. The lowest BCUT2D eigenvalue weighted by Gasteiger charge is -2.12. The van der Waals surface area contributed by atoms with Crippen molar-refractivity contribution in [2.45, 2.75) is 38.3 Å². The molecule has 166 valence electrons. The van der Waals surface area contributed by atoms with Crippen molar-refractivity contribution >= 4 is 27.0 Å². The Balaban J connectivity index is 1.59. The minimum atomic E-state index is -3.47. The number of imidazole rings is 1. The van der Waals surface area contributed by atoms with Crippen molar-refractivity contribution in [3.63, 3.8) is 0 Å². The summed E-state index contributed by atoms with van der Waals surface area (Å²) in [5.41, 5.74) is 3.00. The van der Waals surface area contributed by atoms with Crippen LogP contribution in [-0.2, 0) is 23.1 Å². The lowest BCUT2D eigenvalue weighted by atomic mass is 10.2. The summed E-state index contributed by atoms with van der Waals surface area (Å²) < 4.78 is 28.6. The number of guanidine groups is 1. The fourth-order valence-electron chi connectivity index (χ4n) is 3.36. The highest BCUT2D eigenvalue weighted by Crippen LogP contribution is 2.15. The summed E-state index contributed by atoms with van der Waals surface area (Å²) in [6.45, 7) is 6.78. The average molecular weight is 443 g/mol. The Hall–Kier alpha value is -2.91. The molecule has 8 nitrogen and oxygen atoms in total. The van der Waals surface area contributed by atoms with Crippen molar-refractivity contribution in [1.29, 1.82) is 0 Å². The Morgan fingerprint density at radius 3 is 2.71 bits per heavy atom. The van der Waals surface area contributed by atoms with Crippen LogP contribution in [0.2, 0.25) is 0 Å². The second-order valence-corrected chi connectivity index (χ2v) is 9.02. The Kier molecular flexibility index (Phi) is 7.64. The molecule has 0 aliphatic rings. The third kappa shape index (κ3) is 5.83. The van der Waals surface area contributed by atoms with Crippen LogP contribution in [0.25, 0.3) is 11.0 Å². The number of fused-ring (bicyclic) bond motifs is 1. The maximum Gasteiger partial charge on any atom is 0.240 e. The zero-order valence-corrected chi connectivity index (χ0v) is 19.0. The summed E-state index contributed by atoms with van der Waals surface area (Å²) in [7, 11) is -2.06. The first-order valence-electron chi connectivity index (χ1n) is 10.4. The van der Waals surface area contributed by atoms with Gasteiger partial charge in [0.25, 0.3) is 0 Å². The molecule has 0 saturated carbocycles. The second kappa shape index (κ2) is 10.4. The molecule has 1 aromatic heterocycles. The van der Waals surface area contributed by atoms with Crippen LogP contribution in [0.15, 0.2) is 58.4 Å². The van der Waals surface area contributed by atoms with Gasteiger partial charge in [-0.1, -0.05) is 24.3 Å². The molecule has 0 unspecified atom stereocenters. The Morgan fingerprint density at radius 1 is 1.13 bits per heavy atom. The first-order chi connectivity index (χ1) is 14.9. The van der Waals surface area contributed by atoms with Crippen LogP contribution in [-0.4, -0.2) is 44.1 Å². The average Bonchev–Trinajstić information content (AvgIpc) is 3.10. The molecule has 3 N–H and O–H groups in total. The maximum absolute atomic E-state index is 12.0. The van der Waals surface area contributed by atoms with Crippen LogP contribution < -0.4 is 15.4 Å². The molecule has 0 aliphatic heterocycles. The van der Waals surface area contributed by atoms with Crippen LogP contribution in [0, 0.1) is 6.92 Å². The fraction of sp³-hybridized carbons (Fsp3) is 0.364. The summed E-state index contributed by atoms with van der Waals surface area (Å²) in [6, 6.07) is 15.0. The van der Waals surface area contributed by atoms with E-state index in [9.17, 15) is 8.42 Å². The Morgan fingerprint density at radius 2 is 1.94 bits per heavy atom. The molecule has 0 aliphatic carbocycles. The second-order valence-electron chi connectivity index (χ2n) is 7.13. The molecule has 0 bridgehead atoms. The molecular formula is C22H30N6O2S. The number of nitrogens with zero attached hydrogens (tertiary/aromatic N) is 3. The standard InChI is InChI=1S/C22H30N6O2S/c1-4-24-22(26-16-18-9-7-10-19(15-18)31(29,30)23-3)25-13-8-14-28-17(2)27-20-11-5-6-12-21(20)28/h5-7,9-12,15,23H,4,8,13-14,16H2,1-3H3,(H2,24,25,26). The van der Waals surface area contributed by atoms with Crippen LogP contribution in [0.1, 0.15) is 24.7 Å². The van der Waals surface area contributed by atoms with E-state index in [-0.39, 0.29) is 4.90 Å². The summed E-state index contributed by atoms with van der Waals surface area (Å²) in [6.07, 6.45) is 0.918. The van der Waals surface area contributed by atoms with Crippen molar-refractivity contribution in [3.05, 3.63) is 59.9 Å². The molecule has 2 aromatic carbocycles. The Bertz CT molecular complexity index is 1150. The molecule has 31 heavy (non-hydrogen) atoms. The van der Waals surface area contributed by atoms with Gasteiger partial charge in [-0.2, -0.15) is 0 Å². The number of aryl methyl sites for hydroxylation is 2. The molecule has 3 rings (SSSR count). The highest BCUT2D eigenvalue weighted by Gasteiger charge is 2.11. The third-order valence-corrected chi connectivity index (χ3v) is 6.35. The SMILES string of the molecule is CCNC(=NCc1cccc(S(=O)(=O)NC)c1)NCCCn1c(C)nc2ccccc21. The largest absolute Gasteiger partial charge is 0.357 e. The van der Waals surface area contributed by atoms with Crippen LogP contribution in [0.5, 0.6) is 0 Å². The minimum absolute atomic E-state index is 0.239. The first kappa shape index (κ1) is 22.8.